The van der Waals surface area contributed by atoms with Crippen molar-refractivity contribution in [1.29, 1.82) is 0 Å². The van der Waals surface area contributed by atoms with E-state index in [0.29, 0.717) is 11.5 Å². The molecule has 0 bridgehead atoms. The summed E-state index contributed by atoms with van der Waals surface area (Å²) >= 11 is 0. The van der Waals surface area contributed by atoms with Gasteiger partial charge in [0, 0.05) is 24.7 Å². The molecule has 0 unspecified atom stereocenters. The number of amides is 1. The molecule has 1 aromatic carbocycles. The lowest BCUT2D eigenvalue weighted by Crippen LogP contribution is -2.30. The van der Waals surface area contributed by atoms with Crippen LogP contribution in [0.15, 0.2) is 23.4 Å². The van der Waals surface area contributed by atoms with Crippen LogP contribution in [0.2, 0.25) is 0 Å². The number of carbonyl (C=O) groups is 1. The van der Waals surface area contributed by atoms with Gasteiger partial charge >= 0.3 is 0 Å². The van der Waals surface area contributed by atoms with Gasteiger partial charge in [0.2, 0.25) is 0 Å². The SMILES string of the molecule is COc1ccc(/C=N\OCC(=O)N2CCCC2)c(OC)c1. The third kappa shape index (κ3) is 4.11. The second-order valence-electron chi connectivity index (χ2n) is 4.70. The minimum absolute atomic E-state index is 0.0219. The molecule has 0 N–H and O–H groups in total. The first-order valence-corrected chi connectivity index (χ1v) is 6.89. The van der Waals surface area contributed by atoms with Crippen molar-refractivity contribution in [2.24, 2.45) is 5.16 Å². The third-order valence-corrected chi connectivity index (χ3v) is 3.35. The maximum Gasteiger partial charge on any atom is 0.263 e. The van der Waals surface area contributed by atoms with Gasteiger partial charge in [0.15, 0.2) is 6.61 Å². The maximum atomic E-state index is 11.7. The van der Waals surface area contributed by atoms with Gasteiger partial charge in [-0.2, -0.15) is 0 Å². The lowest BCUT2D eigenvalue weighted by atomic mass is 10.2. The van der Waals surface area contributed by atoms with Crippen LogP contribution in [0.25, 0.3) is 0 Å². The van der Waals surface area contributed by atoms with Crippen molar-refractivity contribution in [3.05, 3.63) is 23.8 Å². The van der Waals surface area contributed by atoms with E-state index in [1.807, 2.05) is 6.07 Å². The van der Waals surface area contributed by atoms with Crippen molar-refractivity contribution < 1.29 is 19.1 Å². The molecular formula is C15H20N2O4. The summed E-state index contributed by atoms with van der Waals surface area (Å²) in [7, 11) is 3.17. The number of likely N-dealkylation sites (tertiary alicyclic amines) is 1. The predicted molar refractivity (Wildman–Crippen MR) is 78.9 cm³/mol. The quantitative estimate of drug-likeness (QED) is 0.591. The summed E-state index contributed by atoms with van der Waals surface area (Å²) in [6, 6.07) is 5.38. The number of hydrogen-bond donors (Lipinski definition) is 0. The van der Waals surface area contributed by atoms with Gasteiger partial charge in [-0.1, -0.05) is 5.16 Å². The molecule has 1 fully saturated rings. The van der Waals surface area contributed by atoms with Crippen LogP contribution in [-0.4, -0.2) is 50.9 Å². The molecule has 1 aliphatic rings. The number of oxime groups is 1. The molecule has 1 heterocycles. The maximum absolute atomic E-state index is 11.7. The average molecular weight is 292 g/mol. The molecule has 6 heteroatoms. The molecule has 0 saturated carbocycles. The van der Waals surface area contributed by atoms with Crippen LogP contribution in [0.3, 0.4) is 0 Å². The van der Waals surface area contributed by atoms with E-state index in [1.54, 1.807) is 31.3 Å². The van der Waals surface area contributed by atoms with Crippen LogP contribution in [0.1, 0.15) is 18.4 Å². The van der Waals surface area contributed by atoms with Crippen LogP contribution in [-0.2, 0) is 9.63 Å². The van der Waals surface area contributed by atoms with Crippen molar-refractivity contribution in [2.75, 3.05) is 33.9 Å². The number of hydrogen-bond acceptors (Lipinski definition) is 5. The fraction of sp³-hybridized carbons (Fsp3) is 0.467. The Hall–Kier alpha value is -2.24. The molecular weight excluding hydrogens is 272 g/mol. The van der Waals surface area contributed by atoms with Crippen molar-refractivity contribution >= 4 is 12.1 Å². The lowest BCUT2D eigenvalue weighted by Gasteiger charge is -2.13. The van der Waals surface area contributed by atoms with Gasteiger partial charge in [0.05, 0.1) is 20.4 Å². The van der Waals surface area contributed by atoms with Gasteiger partial charge in [-0.25, -0.2) is 0 Å². The molecule has 0 atom stereocenters. The highest BCUT2D eigenvalue weighted by atomic mass is 16.6. The van der Waals surface area contributed by atoms with E-state index in [9.17, 15) is 4.79 Å². The van der Waals surface area contributed by atoms with Gasteiger partial charge in [-0.3, -0.25) is 4.79 Å². The summed E-state index contributed by atoms with van der Waals surface area (Å²) < 4.78 is 10.4. The Labute approximate surface area is 124 Å². The second kappa shape index (κ2) is 7.52. The third-order valence-electron chi connectivity index (χ3n) is 3.35. The molecule has 0 aliphatic carbocycles. The number of rotatable bonds is 6. The standard InChI is InChI=1S/C15H20N2O4/c1-19-13-6-5-12(14(9-13)20-2)10-16-21-11-15(18)17-7-3-4-8-17/h5-6,9-10H,3-4,7-8,11H2,1-2H3/b16-10-. The van der Waals surface area contributed by atoms with Gasteiger partial charge in [-0.15, -0.1) is 0 Å². The Morgan fingerprint density at radius 1 is 1.29 bits per heavy atom. The molecule has 0 radical (unpaired) electrons. The summed E-state index contributed by atoms with van der Waals surface area (Å²) in [4.78, 5) is 18.6. The van der Waals surface area contributed by atoms with Crippen molar-refractivity contribution in [1.82, 2.24) is 4.90 Å². The monoisotopic (exact) mass is 292 g/mol. The summed E-state index contributed by atoms with van der Waals surface area (Å²) in [6.07, 6.45) is 3.66. The molecule has 1 saturated heterocycles. The summed E-state index contributed by atoms with van der Waals surface area (Å²) in [6.45, 7) is 1.60. The van der Waals surface area contributed by atoms with Crippen LogP contribution >= 0.6 is 0 Å². The first-order chi connectivity index (χ1) is 10.2. The van der Waals surface area contributed by atoms with E-state index in [-0.39, 0.29) is 12.5 Å². The van der Waals surface area contributed by atoms with E-state index < -0.39 is 0 Å². The van der Waals surface area contributed by atoms with Crippen molar-refractivity contribution in [2.45, 2.75) is 12.8 Å². The highest BCUT2D eigenvalue weighted by Gasteiger charge is 2.17. The van der Waals surface area contributed by atoms with Crippen LogP contribution in [0.5, 0.6) is 11.5 Å². The highest BCUT2D eigenvalue weighted by Crippen LogP contribution is 2.23. The predicted octanol–water partition coefficient (Wildman–Crippen LogP) is 1.68. The number of ether oxygens (including phenoxy) is 2. The minimum Gasteiger partial charge on any atom is -0.497 e. The number of carbonyl (C=O) groups excluding carboxylic acids is 1. The average Bonchev–Trinajstić information content (AvgIpc) is 3.05. The van der Waals surface area contributed by atoms with Gasteiger partial charge in [-0.05, 0) is 25.0 Å². The molecule has 0 aromatic heterocycles. The Morgan fingerprint density at radius 2 is 2.05 bits per heavy atom. The summed E-state index contributed by atoms with van der Waals surface area (Å²) in [5, 5.41) is 3.82. The summed E-state index contributed by atoms with van der Waals surface area (Å²) in [5.74, 6) is 1.31. The summed E-state index contributed by atoms with van der Waals surface area (Å²) in [5.41, 5.74) is 0.756. The molecule has 2 rings (SSSR count). The smallest absolute Gasteiger partial charge is 0.263 e. The van der Waals surface area contributed by atoms with E-state index in [4.69, 9.17) is 14.3 Å². The molecule has 114 valence electrons. The molecule has 1 amide bonds. The second-order valence-corrected chi connectivity index (χ2v) is 4.70. The Bertz CT molecular complexity index is 510. The van der Waals surface area contributed by atoms with Crippen LogP contribution in [0.4, 0.5) is 0 Å². The zero-order chi connectivity index (χ0) is 15.1. The van der Waals surface area contributed by atoms with Crippen molar-refractivity contribution in [3.63, 3.8) is 0 Å². The lowest BCUT2D eigenvalue weighted by molar-refractivity contribution is -0.134. The molecule has 1 aromatic rings. The van der Waals surface area contributed by atoms with Gasteiger partial charge in [0.25, 0.3) is 5.91 Å². The largest absolute Gasteiger partial charge is 0.497 e. The molecule has 6 nitrogen and oxygen atoms in total. The first-order valence-electron chi connectivity index (χ1n) is 6.89. The normalized spacial score (nSPS) is 14.5. The van der Waals surface area contributed by atoms with E-state index >= 15 is 0 Å². The van der Waals surface area contributed by atoms with Crippen LogP contribution in [0, 0.1) is 0 Å². The van der Waals surface area contributed by atoms with Crippen LogP contribution < -0.4 is 9.47 Å². The molecule has 21 heavy (non-hydrogen) atoms. The minimum atomic E-state index is -0.0328. The topological polar surface area (TPSA) is 60.4 Å². The molecule has 1 aliphatic heterocycles. The highest BCUT2D eigenvalue weighted by molar-refractivity contribution is 5.83. The number of benzene rings is 1. The van der Waals surface area contributed by atoms with Crippen molar-refractivity contribution in [3.8, 4) is 11.5 Å². The Kier molecular flexibility index (Phi) is 5.43. The number of methoxy groups -OCH3 is 2. The van der Waals surface area contributed by atoms with E-state index in [1.165, 1.54) is 6.21 Å². The number of nitrogens with zero attached hydrogens (tertiary/aromatic N) is 2. The zero-order valence-corrected chi connectivity index (χ0v) is 12.4. The van der Waals surface area contributed by atoms with E-state index in [2.05, 4.69) is 5.16 Å². The molecule has 0 spiro atoms. The van der Waals surface area contributed by atoms with Gasteiger partial charge < -0.3 is 19.2 Å². The first kappa shape index (κ1) is 15.2. The zero-order valence-electron chi connectivity index (χ0n) is 12.4. The fourth-order valence-electron chi connectivity index (χ4n) is 2.17. The Morgan fingerprint density at radius 3 is 2.71 bits per heavy atom. The van der Waals surface area contributed by atoms with E-state index in [0.717, 1.165) is 31.5 Å². The fourth-order valence-corrected chi connectivity index (χ4v) is 2.17. The Balaban J connectivity index is 1.87. The van der Waals surface area contributed by atoms with Gasteiger partial charge in [0.1, 0.15) is 11.5 Å².